The average Bonchev–Trinajstić information content (AvgIpc) is 3.36. The van der Waals surface area contributed by atoms with Gasteiger partial charge in [-0.15, -0.1) is 0 Å². The minimum atomic E-state index is -4.71. The van der Waals surface area contributed by atoms with Crippen molar-refractivity contribution in [1.29, 1.82) is 0 Å². The number of methoxy groups -OCH3 is 1. The third-order valence-electron chi connectivity index (χ3n) is 4.07. The van der Waals surface area contributed by atoms with Crippen molar-refractivity contribution in [2.24, 2.45) is 0 Å². The van der Waals surface area contributed by atoms with Gasteiger partial charge in [0.25, 0.3) is 5.91 Å². The highest BCUT2D eigenvalue weighted by Crippen LogP contribution is 2.32. The number of nitrogens with zero attached hydrogens (tertiary/aromatic N) is 3. The fraction of sp³-hybridized carbons (Fsp3) is 0.105. The Bertz CT molecular complexity index is 1170. The molecule has 0 saturated carbocycles. The number of fused-ring (bicyclic) bond motifs is 1. The third kappa shape index (κ3) is 3.64. The molecule has 0 spiro atoms. The molecule has 148 valence electrons. The fourth-order valence-corrected chi connectivity index (χ4v) is 2.71. The van der Waals surface area contributed by atoms with Crippen LogP contribution in [0.2, 0.25) is 0 Å². The quantitative estimate of drug-likeness (QED) is 0.551. The van der Waals surface area contributed by atoms with Crippen molar-refractivity contribution in [3.8, 4) is 17.2 Å². The number of ether oxygens (including phenoxy) is 1. The van der Waals surface area contributed by atoms with E-state index in [0.29, 0.717) is 16.0 Å². The molecule has 0 aliphatic heterocycles. The van der Waals surface area contributed by atoms with Crippen molar-refractivity contribution >= 4 is 17.2 Å². The number of hydrogen-bond acceptors (Lipinski definition) is 5. The smallest absolute Gasteiger partial charge is 0.433 e. The first-order chi connectivity index (χ1) is 13.8. The zero-order valence-corrected chi connectivity index (χ0v) is 14.9. The first-order valence-corrected chi connectivity index (χ1v) is 8.32. The van der Waals surface area contributed by atoms with Crippen LogP contribution in [0.4, 0.5) is 18.9 Å². The zero-order chi connectivity index (χ0) is 20.6. The molecular weight excluding hydrogens is 389 g/mol. The molecule has 4 rings (SSSR count). The van der Waals surface area contributed by atoms with Gasteiger partial charge in [-0.1, -0.05) is 0 Å². The lowest BCUT2D eigenvalue weighted by Gasteiger charge is -2.09. The number of furan rings is 1. The Morgan fingerprint density at radius 1 is 1.17 bits per heavy atom. The molecule has 1 aromatic carbocycles. The number of halogens is 3. The monoisotopic (exact) mass is 402 g/mol. The summed E-state index contributed by atoms with van der Waals surface area (Å²) in [6.07, 6.45) is -3.38. The first-order valence-electron chi connectivity index (χ1n) is 8.32. The molecule has 0 bridgehead atoms. The summed E-state index contributed by atoms with van der Waals surface area (Å²) in [5.74, 6) is 0.0944. The number of anilines is 1. The Balaban J connectivity index is 1.73. The molecule has 3 aromatic heterocycles. The molecule has 7 nitrogen and oxygen atoms in total. The van der Waals surface area contributed by atoms with Gasteiger partial charge in [0.15, 0.2) is 22.8 Å². The summed E-state index contributed by atoms with van der Waals surface area (Å²) in [7, 11) is 1.51. The second kappa shape index (κ2) is 6.97. The van der Waals surface area contributed by atoms with Crippen molar-refractivity contribution in [3.63, 3.8) is 0 Å². The minimum Gasteiger partial charge on any atom is -0.497 e. The van der Waals surface area contributed by atoms with Gasteiger partial charge in [0, 0.05) is 11.8 Å². The number of rotatable bonds is 4. The molecule has 0 radical (unpaired) electrons. The van der Waals surface area contributed by atoms with Gasteiger partial charge in [-0.05, 0) is 42.5 Å². The Morgan fingerprint density at radius 3 is 2.55 bits per heavy atom. The van der Waals surface area contributed by atoms with Gasteiger partial charge < -0.3 is 14.5 Å². The van der Waals surface area contributed by atoms with E-state index in [0.717, 1.165) is 6.07 Å². The maximum Gasteiger partial charge on any atom is 0.433 e. The molecule has 0 unspecified atom stereocenters. The lowest BCUT2D eigenvalue weighted by Crippen LogP contribution is -2.15. The maximum absolute atomic E-state index is 13.5. The predicted octanol–water partition coefficient (Wildman–Crippen LogP) is 4.27. The van der Waals surface area contributed by atoms with Crippen LogP contribution in [0.1, 0.15) is 16.2 Å². The fourth-order valence-electron chi connectivity index (χ4n) is 2.71. The third-order valence-corrected chi connectivity index (χ3v) is 4.07. The topological polar surface area (TPSA) is 81.7 Å². The van der Waals surface area contributed by atoms with Gasteiger partial charge >= 0.3 is 6.18 Å². The number of benzene rings is 1. The molecule has 1 amide bonds. The molecule has 29 heavy (non-hydrogen) atoms. The molecule has 0 aliphatic rings. The lowest BCUT2D eigenvalue weighted by molar-refractivity contribution is -0.142. The Hall–Kier alpha value is -3.82. The van der Waals surface area contributed by atoms with Crippen LogP contribution in [0, 0.1) is 0 Å². The SMILES string of the molecule is COc1ccc(NC(=O)c2cc3nc(-c4ccco4)cc(C(F)(F)F)n3n2)cc1. The molecule has 0 aliphatic carbocycles. The van der Waals surface area contributed by atoms with Gasteiger partial charge in [-0.25, -0.2) is 9.50 Å². The summed E-state index contributed by atoms with van der Waals surface area (Å²) in [6.45, 7) is 0. The van der Waals surface area contributed by atoms with Crippen LogP contribution in [-0.4, -0.2) is 27.6 Å². The molecule has 4 aromatic rings. The van der Waals surface area contributed by atoms with E-state index in [9.17, 15) is 18.0 Å². The molecule has 10 heteroatoms. The molecule has 1 N–H and O–H groups in total. The molecule has 0 saturated heterocycles. The van der Waals surface area contributed by atoms with E-state index < -0.39 is 17.8 Å². The minimum absolute atomic E-state index is 0.0168. The highest BCUT2D eigenvalue weighted by atomic mass is 19.4. The lowest BCUT2D eigenvalue weighted by atomic mass is 10.2. The summed E-state index contributed by atoms with van der Waals surface area (Å²) in [6, 6.07) is 11.5. The number of alkyl halides is 3. The van der Waals surface area contributed by atoms with E-state index in [4.69, 9.17) is 9.15 Å². The van der Waals surface area contributed by atoms with E-state index in [-0.39, 0.29) is 22.8 Å². The number of carbonyl (C=O) groups excluding carboxylic acids is 1. The summed E-state index contributed by atoms with van der Waals surface area (Å²) < 4.78 is 51.4. The van der Waals surface area contributed by atoms with Crippen molar-refractivity contribution < 1.29 is 27.1 Å². The van der Waals surface area contributed by atoms with E-state index in [1.54, 1.807) is 30.3 Å². The predicted molar refractivity (Wildman–Crippen MR) is 96.6 cm³/mol. The molecule has 0 fully saturated rings. The van der Waals surface area contributed by atoms with Crippen molar-refractivity contribution in [1.82, 2.24) is 14.6 Å². The highest BCUT2D eigenvalue weighted by molar-refractivity contribution is 6.03. The van der Waals surface area contributed by atoms with Crippen LogP contribution in [-0.2, 0) is 6.18 Å². The van der Waals surface area contributed by atoms with Crippen LogP contribution >= 0.6 is 0 Å². The Labute approximate surface area is 161 Å². The summed E-state index contributed by atoms with van der Waals surface area (Å²) in [5.41, 5.74) is -0.996. The van der Waals surface area contributed by atoms with Crippen molar-refractivity contribution in [2.75, 3.05) is 12.4 Å². The van der Waals surface area contributed by atoms with Crippen LogP contribution in [0.25, 0.3) is 17.1 Å². The Morgan fingerprint density at radius 2 is 1.93 bits per heavy atom. The van der Waals surface area contributed by atoms with Crippen LogP contribution < -0.4 is 10.1 Å². The van der Waals surface area contributed by atoms with Crippen molar-refractivity contribution in [2.45, 2.75) is 6.18 Å². The highest BCUT2D eigenvalue weighted by Gasteiger charge is 2.36. The molecular formula is C19H13F3N4O3. The summed E-state index contributed by atoms with van der Waals surface area (Å²) in [4.78, 5) is 16.6. The van der Waals surface area contributed by atoms with E-state index in [2.05, 4.69) is 15.4 Å². The largest absolute Gasteiger partial charge is 0.497 e. The zero-order valence-electron chi connectivity index (χ0n) is 14.9. The van der Waals surface area contributed by atoms with Gasteiger partial charge in [-0.3, -0.25) is 4.79 Å². The first kappa shape index (κ1) is 18.5. The second-order valence-corrected chi connectivity index (χ2v) is 5.98. The second-order valence-electron chi connectivity index (χ2n) is 5.98. The van der Waals surface area contributed by atoms with Crippen molar-refractivity contribution in [3.05, 3.63) is 66.2 Å². The van der Waals surface area contributed by atoms with E-state index >= 15 is 0 Å². The summed E-state index contributed by atoms with van der Waals surface area (Å²) in [5, 5.41) is 6.37. The number of hydrogen-bond donors (Lipinski definition) is 1. The Kier molecular flexibility index (Phi) is 4.45. The van der Waals surface area contributed by atoms with Crippen LogP contribution in [0.3, 0.4) is 0 Å². The average molecular weight is 402 g/mol. The van der Waals surface area contributed by atoms with E-state index in [1.807, 2.05) is 0 Å². The van der Waals surface area contributed by atoms with Gasteiger partial charge in [0.1, 0.15) is 11.4 Å². The number of nitrogens with one attached hydrogen (secondary N) is 1. The van der Waals surface area contributed by atoms with Crippen LogP contribution in [0.15, 0.2) is 59.2 Å². The number of amides is 1. The normalized spacial score (nSPS) is 11.6. The molecule has 0 atom stereocenters. The summed E-state index contributed by atoms with van der Waals surface area (Å²) >= 11 is 0. The number of aromatic nitrogens is 3. The van der Waals surface area contributed by atoms with Gasteiger partial charge in [0.2, 0.25) is 0 Å². The van der Waals surface area contributed by atoms with Crippen LogP contribution in [0.5, 0.6) is 5.75 Å². The van der Waals surface area contributed by atoms with Gasteiger partial charge in [-0.2, -0.15) is 18.3 Å². The van der Waals surface area contributed by atoms with Gasteiger partial charge in [0.05, 0.1) is 13.4 Å². The number of carbonyl (C=O) groups is 1. The maximum atomic E-state index is 13.5. The van der Waals surface area contributed by atoms with E-state index in [1.165, 1.54) is 25.5 Å². The standard InChI is InChI=1S/C19H13F3N4O3/c1-28-12-6-4-11(5-7-12)23-18(27)14-10-17-24-13(15-3-2-8-29-15)9-16(19(20,21)22)26(17)25-14/h2-10H,1H3,(H,23,27). The molecule has 3 heterocycles.